The third-order valence-electron chi connectivity index (χ3n) is 4.08. The van der Waals surface area contributed by atoms with Crippen LogP contribution in [-0.2, 0) is 0 Å². The highest BCUT2D eigenvalue weighted by molar-refractivity contribution is 7.14. The maximum Gasteiger partial charge on any atom is 0.255 e. The van der Waals surface area contributed by atoms with Gasteiger partial charge in [-0.2, -0.15) is 0 Å². The Bertz CT molecular complexity index is 1090. The molecule has 1 amide bonds. The standard InChI is InChI=1S/C22H17N3O2S/c26-19-8-4-7-18(13-19)24-22-25-20(14-28-22)15-9-11-17(12-10-15)23-21(27)16-5-2-1-3-6-16/h1-14,26H,(H,23,27)(H,24,25). The monoisotopic (exact) mass is 387 g/mol. The zero-order valence-corrected chi connectivity index (χ0v) is 15.6. The Morgan fingerprint density at radius 1 is 0.893 bits per heavy atom. The van der Waals surface area contributed by atoms with Gasteiger partial charge in [-0.3, -0.25) is 4.79 Å². The average molecular weight is 387 g/mol. The molecule has 1 heterocycles. The van der Waals surface area contributed by atoms with E-state index in [-0.39, 0.29) is 11.7 Å². The Balaban J connectivity index is 1.44. The van der Waals surface area contributed by atoms with Crippen LogP contribution in [0.4, 0.5) is 16.5 Å². The fourth-order valence-electron chi connectivity index (χ4n) is 2.69. The van der Waals surface area contributed by atoms with Crippen LogP contribution in [0.5, 0.6) is 5.75 Å². The lowest BCUT2D eigenvalue weighted by molar-refractivity contribution is 0.102. The van der Waals surface area contributed by atoms with Gasteiger partial charge in [-0.1, -0.05) is 36.4 Å². The number of carbonyl (C=O) groups is 1. The van der Waals surface area contributed by atoms with E-state index in [2.05, 4.69) is 15.6 Å². The molecule has 1 aromatic heterocycles. The van der Waals surface area contributed by atoms with E-state index in [4.69, 9.17) is 0 Å². The molecule has 0 saturated heterocycles. The van der Waals surface area contributed by atoms with Gasteiger partial charge in [0.25, 0.3) is 5.91 Å². The van der Waals surface area contributed by atoms with E-state index in [1.807, 2.05) is 53.9 Å². The van der Waals surface area contributed by atoms with Gasteiger partial charge in [0.2, 0.25) is 0 Å². The molecule has 4 rings (SSSR count). The van der Waals surface area contributed by atoms with Crippen LogP contribution in [0.25, 0.3) is 11.3 Å². The number of thiazole rings is 1. The predicted molar refractivity (Wildman–Crippen MR) is 113 cm³/mol. The maximum atomic E-state index is 12.2. The number of phenols is 1. The quantitative estimate of drug-likeness (QED) is 0.422. The summed E-state index contributed by atoms with van der Waals surface area (Å²) in [5.74, 6) is 0.0644. The maximum absolute atomic E-state index is 12.2. The van der Waals surface area contributed by atoms with Crippen LogP contribution in [0.15, 0.2) is 84.2 Å². The van der Waals surface area contributed by atoms with Crippen LogP contribution < -0.4 is 10.6 Å². The van der Waals surface area contributed by atoms with Crippen molar-refractivity contribution < 1.29 is 9.90 Å². The van der Waals surface area contributed by atoms with Crippen molar-refractivity contribution in [1.82, 2.24) is 4.98 Å². The summed E-state index contributed by atoms with van der Waals surface area (Å²) in [6, 6.07) is 23.6. The first-order valence-electron chi connectivity index (χ1n) is 8.66. The summed E-state index contributed by atoms with van der Waals surface area (Å²) in [6.45, 7) is 0. The Morgan fingerprint density at radius 2 is 1.68 bits per heavy atom. The number of aromatic hydroxyl groups is 1. The van der Waals surface area contributed by atoms with Crippen molar-refractivity contribution in [1.29, 1.82) is 0 Å². The Kier molecular flexibility index (Phi) is 5.03. The minimum atomic E-state index is -0.139. The highest BCUT2D eigenvalue weighted by atomic mass is 32.1. The molecule has 0 radical (unpaired) electrons. The fraction of sp³-hybridized carbons (Fsp3) is 0. The van der Waals surface area contributed by atoms with Crippen LogP contribution >= 0.6 is 11.3 Å². The molecule has 6 heteroatoms. The molecule has 28 heavy (non-hydrogen) atoms. The molecule has 3 N–H and O–H groups in total. The molecule has 0 fully saturated rings. The van der Waals surface area contributed by atoms with E-state index in [1.54, 1.807) is 30.3 Å². The van der Waals surface area contributed by atoms with E-state index in [0.29, 0.717) is 5.56 Å². The SMILES string of the molecule is O=C(Nc1ccc(-c2csc(Nc3cccc(O)c3)n2)cc1)c1ccccc1. The molecule has 4 aromatic rings. The number of carbonyl (C=O) groups excluding carboxylic acids is 1. The number of hydrogen-bond donors (Lipinski definition) is 3. The molecule has 0 saturated carbocycles. The first-order chi connectivity index (χ1) is 13.7. The number of nitrogens with one attached hydrogen (secondary N) is 2. The molecule has 0 atom stereocenters. The Labute approximate surface area is 166 Å². The number of phenolic OH excluding ortho intramolecular Hbond substituents is 1. The number of amides is 1. The fourth-order valence-corrected chi connectivity index (χ4v) is 3.43. The van der Waals surface area contributed by atoms with Crippen LogP contribution in [0.3, 0.4) is 0 Å². The molecule has 0 unspecified atom stereocenters. The normalized spacial score (nSPS) is 10.4. The van der Waals surface area contributed by atoms with Crippen molar-refractivity contribution in [2.24, 2.45) is 0 Å². The number of hydrogen-bond acceptors (Lipinski definition) is 5. The third kappa shape index (κ3) is 4.19. The van der Waals surface area contributed by atoms with Crippen LogP contribution in [0, 0.1) is 0 Å². The highest BCUT2D eigenvalue weighted by Gasteiger charge is 2.08. The molecule has 0 aliphatic heterocycles. The minimum Gasteiger partial charge on any atom is -0.508 e. The van der Waals surface area contributed by atoms with E-state index in [1.165, 1.54) is 11.3 Å². The van der Waals surface area contributed by atoms with Gasteiger partial charge in [-0.25, -0.2) is 4.98 Å². The summed E-state index contributed by atoms with van der Waals surface area (Å²) in [6.07, 6.45) is 0. The third-order valence-corrected chi connectivity index (χ3v) is 4.83. The van der Waals surface area contributed by atoms with E-state index >= 15 is 0 Å². The lowest BCUT2D eigenvalue weighted by atomic mass is 10.1. The number of rotatable bonds is 5. The number of anilines is 3. The summed E-state index contributed by atoms with van der Waals surface area (Å²) in [5.41, 5.74) is 3.92. The van der Waals surface area contributed by atoms with Gasteiger partial charge in [0, 0.05) is 33.9 Å². The van der Waals surface area contributed by atoms with Crippen LogP contribution in [0.1, 0.15) is 10.4 Å². The topological polar surface area (TPSA) is 74.2 Å². The van der Waals surface area contributed by atoms with Crippen LogP contribution in [0.2, 0.25) is 0 Å². The Morgan fingerprint density at radius 3 is 2.43 bits per heavy atom. The van der Waals surface area contributed by atoms with Crippen molar-refractivity contribution in [3.8, 4) is 17.0 Å². The summed E-state index contributed by atoms with van der Waals surface area (Å²) < 4.78 is 0. The summed E-state index contributed by atoms with van der Waals surface area (Å²) in [4.78, 5) is 16.8. The summed E-state index contributed by atoms with van der Waals surface area (Å²) >= 11 is 1.48. The van der Waals surface area contributed by atoms with Gasteiger partial charge in [0.05, 0.1) is 5.69 Å². The highest BCUT2D eigenvalue weighted by Crippen LogP contribution is 2.28. The first-order valence-corrected chi connectivity index (χ1v) is 9.54. The first kappa shape index (κ1) is 17.8. The van der Waals surface area contributed by atoms with Crippen molar-refractivity contribution in [2.75, 3.05) is 10.6 Å². The number of nitrogens with zero attached hydrogens (tertiary/aromatic N) is 1. The number of aromatic nitrogens is 1. The molecule has 3 aromatic carbocycles. The molecular weight excluding hydrogens is 370 g/mol. The minimum absolute atomic E-state index is 0.139. The van der Waals surface area contributed by atoms with Gasteiger partial charge in [0.15, 0.2) is 5.13 Å². The van der Waals surface area contributed by atoms with Gasteiger partial charge >= 0.3 is 0 Å². The van der Waals surface area contributed by atoms with E-state index in [0.717, 1.165) is 27.8 Å². The van der Waals surface area contributed by atoms with Crippen molar-refractivity contribution in [2.45, 2.75) is 0 Å². The Hall–Kier alpha value is -3.64. The second kappa shape index (κ2) is 7.94. The molecule has 5 nitrogen and oxygen atoms in total. The average Bonchev–Trinajstić information content (AvgIpc) is 3.18. The van der Waals surface area contributed by atoms with Crippen molar-refractivity contribution in [3.05, 3.63) is 89.8 Å². The van der Waals surface area contributed by atoms with Gasteiger partial charge < -0.3 is 15.7 Å². The number of benzene rings is 3. The molecule has 0 spiro atoms. The van der Waals surface area contributed by atoms with E-state index in [9.17, 15) is 9.90 Å². The predicted octanol–water partition coefficient (Wildman–Crippen LogP) is 5.51. The summed E-state index contributed by atoms with van der Waals surface area (Å²) in [7, 11) is 0. The smallest absolute Gasteiger partial charge is 0.255 e. The largest absolute Gasteiger partial charge is 0.508 e. The van der Waals surface area contributed by atoms with Crippen LogP contribution in [-0.4, -0.2) is 16.0 Å². The summed E-state index contributed by atoms with van der Waals surface area (Å²) in [5, 5.41) is 18.3. The van der Waals surface area contributed by atoms with Gasteiger partial charge in [-0.15, -0.1) is 11.3 Å². The molecular formula is C22H17N3O2S. The van der Waals surface area contributed by atoms with Gasteiger partial charge in [0.1, 0.15) is 5.75 Å². The molecule has 0 bridgehead atoms. The molecule has 0 aliphatic carbocycles. The van der Waals surface area contributed by atoms with E-state index < -0.39 is 0 Å². The second-order valence-electron chi connectivity index (χ2n) is 6.11. The lowest BCUT2D eigenvalue weighted by Crippen LogP contribution is -2.11. The molecule has 0 aliphatic rings. The zero-order chi connectivity index (χ0) is 19.3. The van der Waals surface area contributed by atoms with Crippen molar-refractivity contribution >= 4 is 33.8 Å². The molecule has 138 valence electrons. The second-order valence-corrected chi connectivity index (χ2v) is 6.97. The van der Waals surface area contributed by atoms with Gasteiger partial charge in [-0.05, 0) is 36.4 Å². The van der Waals surface area contributed by atoms with Crippen molar-refractivity contribution in [3.63, 3.8) is 0 Å². The zero-order valence-electron chi connectivity index (χ0n) is 14.8. The lowest BCUT2D eigenvalue weighted by Gasteiger charge is -2.06.